The number of ether oxygens (including phenoxy) is 1. The van der Waals surface area contributed by atoms with Crippen LogP contribution in [0.1, 0.15) is 27.5 Å². The Labute approximate surface area is 158 Å². The summed E-state index contributed by atoms with van der Waals surface area (Å²) in [6, 6.07) is 8.92. The number of amides is 1. The molecule has 0 radical (unpaired) electrons. The van der Waals surface area contributed by atoms with Crippen LogP contribution in [0.4, 0.5) is 5.69 Å². The summed E-state index contributed by atoms with van der Waals surface area (Å²) in [7, 11) is 0. The number of rotatable bonds is 4. The molecule has 8 heteroatoms. The van der Waals surface area contributed by atoms with Crippen LogP contribution in [0.3, 0.4) is 0 Å². The van der Waals surface area contributed by atoms with Crippen molar-refractivity contribution in [3.05, 3.63) is 57.0 Å². The van der Waals surface area contributed by atoms with E-state index in [2.05, 4.69) is 10.3 Å². The van der Waals surface area contributed by atoms with E-state index in [9.17, 15) is 14.4 Å². The van der Waals surface area contributed by atoms with Crippen molar-refractivity contribution in [2.45, 2.75) is 26.3 Å². The molecule has 3 aromatic rings. The average Bonchev–Trinajstić information content (AvgIpc) is 3.26. The summed E-state index contributed by atoms with van der Waals surface area (Å²) < 4.78 is 6.81. The van der Waals surface area contributed by atoms with Crippen molar-refractivity contribution < 1.29 is 14.3 Å². The van der Waals surface area contributed by atoms with Crippen molar-refractivity contribution >= 4 is 39.1 Å². The Bertz CT molecular complexity index is 1100. The highest BCUT2D eigenvalue weighted by Crippen LogP contribution is 2.29. The van der Waals surface area contributed by atoms with Gasteiger partial charge in [-0.05, 0) is 31.0 Å². The fourth-order valence-corrected chi connectivity index (χ4v) is 4.27. The molecule has 1 aromatic carbocycles. The normalized spacial score (nSPS) is 12.8. The molecular formula is C19H17N3O4S. The van der Waals surface area contributed by atoms with Gasteiger partial charge in [-0.3, -0.25) is 14.2 Å². The Morgan fingerprint density at radius 3 is 2.85 bits per heavy atom. The first-order chi connectivity index (χ1) is 13.0. The van der Waals surface area contributed by atoms with Crippen LogP contribution in [-0.2, 0) is 22.5 Å². The molecule has 1 aliphatic rings. The van der Waals surface area contributed by atoms with E-state index >= 15 is 0 Å². The van der Waals surface area contributed by atoms with Gasteiger partial charge in [-0.2, -0.15) is 0 Å². The predicted octanol–water partition coefficient (Wildman–Crippen LogP) is 2.51. The van der Waals surface area contributed by atoms with Crippen molar-refractivity contribution in [2.75, 3.05) is 11.9 Å². The number of nitrogens with zero attached hydrogens (tertiary/aromatic N) is 2. The minimum absolute atomic E-state index is 0.109. The van der Waals surface area contributed by atoms with Gasteiger partial charge in [0.2, 0.25) is 0 Å². The molecule has 0 spiro atoms. The van der Waals surface area contributed by atoms with Crippen LogP contribution >= 0.6 is 11.3 Å². The van der Waals surface area contributed by atoms with E-state index in [0.29, 0.717) is 32.9 Å². The van der Waals surface area contributed by atoms with Gasteiger partial charge in [0.1, 0.15) is 15.5 Å². The maximum Gasteiger partial charge on any atom is 0.349 e. The second-order valence-electron chi connectivity index (χ2n) is 6.32. The Balaban J connectivity index is 1.51. The summed E-state index contributed by atoms with van der Waals surface area (Å²) in [6.07, 6.45) is 1.67. The van der Waals surface area contributed by atoms with Gasteiger partial charge >= 0.3 is 5.97 Å². The van der Waals surface area contributed by atoms with E-state index in [1.165, 1.54) is 0 Å². The first kappa shape index (κ1) is 17.4. The Morgan fingerprint density at radius 2 is 2.07 bits per heavy atom. The Kier molecular flexibility index (Phi) is 4.49. The van der Waals surface area contributed by atoms with E-state index in [-0.39, 0.29) is 5.56 Å². The van der Waals surface area contributed by atoms with Crippen molar-refractivity contribution in [3.8, 4) is 0 Å². The van der Waals surface area contributed by atoms with Gasteiger partial charge in [-0.25, -0.2) is 9.78 Å². The quantitative estimate of drug-likeness (QED) is 0.699. The number of benzene rings is 1. The van der Waals surface area contributed by atoms with E-state index in [1.54, 1.807) is 35.8 Å². The van der Waals surface area contributed by atoms with Crippen LogP contribution in [0.2, 0.25) is 0 Å². The maximum atomic E-state index is 12.7. The smallest absolute Gasteiger partial charge is 0.349 e. The molecule has 1 amide bonds. The second-order valence-corrected chi connectivity index (χ2v) is 7.31. The molecule has 4 rings (SSSR count). The molecule has 0 saturated heterocycles. The molecule has 138 valence electrons. The van der Waals surface area contributed by atoms with Crippen molar-refractivity contribution in [1.82, 2.24) is 9.55 Å². The molecule has 0 saturated carbocycles. The lowest BCUT2D eigenvalue weighted by atomic mass is 10.2. The summed E-state index contributed by atoms with van der Waals surface area (Å²) in [5, 5.41) is 3.11. The zero-order valence-electron chi connectivity index (χ0n) is 14.7. The van der Waals surface area contributed by atoms with Gasteiger partial charge in [0, 0.05) is 18.7 Å². The standard InChI is InChI=1S/C19H17N3O4S/c1-11-15-17(21-13-8-5-9-22(13)18(15)24)27-16(11)19(25)26-10-14(23)20-12-6-3-2-4-7-12/h2-4,6-7H,5,8-10H2,1H3,(H,20,23). The number of hydrogen-bond donors (Lipinski definition) is 1. The van der Waals surface area contributed by atoms with Crippen molar-refractivity contribution in [3.63, 3.8) is 0 Å². The van der Waals surface area contributed by atoms with E-state index < -0.39 is 18.5 Å². The molecule has 3 heterocycles. The molecule has 0 unspecified atom stereocenters. The third-order valence-corrected chi connectivity index (χ3v) is 5.65. The monoisotopic (exact) mass is 383 g/mol. The van der Waals surface area contributed by atoms with E-state index in [4.69, 9.17) is 4.74 Å². The third-order valence-electron chi connectivity index (χ3n) is 4.49. The molecular weight excluding hydrogens is 366 g/mol. The molecule has 0 fully saturated rings. The lowest BCUT2D eigenvalue weighted by Crippen LogP contribution is -2.21. The second kappa shape index (κ2) is 6.96. The zero-order valence-corrected chi connectivity index (χ0v) is 15.5. The average molecular weight is 383 g/mol. The molecule has 0 bridgehead atoms. The molecule has 2 aromatic heterocycles. The fraction of sp³-hybridized carbons (Fsp3) is 0.263. The van der Waals surface area contributed by atoms with Gasteiger partial charge in [-0.15, -0.1) is 11.3 Å². The van der Waals surface area contributed by atoms with Crippen molar-refractivity contribution in [2.24, 2.45) is 0 Å². The highest BCUT2D eigenvalue weighted by atomic mass is 32.1. The topological polar surface area (TPSA) is 90.3 Å². The summed E-state index contributed by atoms with van der Waals surface area (Å²) in [4.78, 5) is 42.4. The molecule has 1 N–H and O–H groups in total. The third kappa shape index (κ3) is 3.23. The lowest BCUT2D eigenvalue weighted by molar-refractivity contribution is -0.119. The van der Waals surface area contributed by atoms with E-state index in [0.717, 1.165) is 30.0 Å². The number of esters is 1. The van der Waals surface area contributed by atoms with Crippen LogP contribution in [0.5, 0.6) is 0 Å². The number of fused-ring (bicyclic) bond motifs is 2. The first-order valence-electron chi connectivity index (χ1n) is 8.59. The zero-order chi connectivity index (χ0) is 19.0. The van der Waals surface area contributed by atoms with Gasteiger partial charge < -0.3 is 10.1 Å². The number of thiophene rings is 1. The highest BCUT2D eigenvalue weighted by Gasteiger charge is 2.24. The SMILES string of the molecule is Cc1c(C(=O)OCC(=O)Nc2ccccc2)sc2nc3n(c(=O)c12)CCC3. The number of hydrogen-bond acceptors (Lipinski definition) is 6. The number of nitrogens with one attached hydrogen (secondary N) is 1. The first-order valence-corrected chi connectivity index (χ1v) is 9.41. The number of carbonyl (C=O) groups excluding carboxylic acids is 2. The number of para-hydroxylation sites is 1. The molecule has 0 aliphatic carbocycles. The summed E-state index contributed by atoms with van der Waals surface area (Å²) >= 11 is 1.14. The van der Waals surface area contributed by atoms with Gasteiger partial charge in [0.25, 0.3) is 11.5 Å². The summed E-state index contributed by atoms with van der Waals surface area (Å²) in [5.74, 6) is -0.287. The molecule has 1 aliphatic heterocycles. The largest absolute Gasteiger partial charge is 0.451 e. The van der Waals surface area contributed by atoms with Gasteiger partial charge in [-0.1, -0.05) is 18.2 Å². The number of aromatic nitrogens is 2. The van der Waals surface area contributed by atoms with Gasteiger partial charge in [0.15, 0.2) is 6.61 Å². The van der Waals surface area contributed by atoms with Crippen molar-refractivity contribution in [1.29, 1.82) is 0 Å². The van der Waals surface area contributed by atoms with Gasteiger partial charge in [0.05, 0.1) is 5.39 Å². The number of aryl methyl sites for hydroxylation is 2. The predicted molar refractivity (Wildman–Crippen MR) is 102 cm³/mol. The van der Waals surface area contributed by atoms with Crippen LogP contribution < -0.4 is 10.9 Å². The molecule has 0 atom stereocenters. The maximum absolute atomic E-state index is 12.7. The minimum atomic E-state index is -0.622. The minimum Gasteiger partial charge on any atom is -0.451 e. The Morgan fingerprint density at radius 1 is 1.30 bits per heavy atom. The van der Waals surface area contributed by atoms with Crippen LogP contribution in [-0.4, -0.2) is 28.0 Å². The lowest BCUT2D eigenvalue weighted by Gasteiger charge is -2.06. The fourth-order valence-electron chi connectivity index (χ4n) is 3.19. The summed E-state index contributed by atoms with van der Waals surface area (Å²) in [6.45, 7) is 1.97. The molecule has 27 heavy (non-hydrogen) atoms. The number of anilines is 1. The number of carbonyl (C=O) groups is 2. The summed E-state index contributed by atoms with van der Waals surface area (Å²) in [5.41, 5.74) is 1.08. The highest BCUT2D eigenvalue weighted by molar-refractivity contribution is 7.20. The molecule has 7 nitrogen and oxygen atoms in total. The van der Waals surface area contributed by atoms with E-state index in [1.807, 2.05) is 6.07 Å². The van der Waals surface area contributed by atoms with Crippen LogP contribution in [0.15, 0.2) is 35.1 Å². The van der Waals surface area contributed by atoms with Crippen LogP contribution in [0, 0.1) is 6.92 Å². The van der Waals surface area contributed by atoms with Crippen LogP contribution in [0.25, 0.3) is 10.2 Å². The Hall–Kier alpha value is -3.00.